The van der Waals surface area contributed by atoms with Crippen LogP contribution in [0.1, 0.15) is 17.4 Å². The first-order valence-corrected chi connectivity index (χ1v) is 10.1. The van der Waals surface area contributed by atoms with Crippen molar-refractivity contribution in [3.05, 3.63) is 45.7 Å². The molecule has 0 atom stereocenters. The molecule has 0 saturated heterocycles. The summed E-state index contributed by atoms with van der Waals surface area (Å²) in [6.07, 6.45) is 0. The molecule has 0 aliphatic rings. The number of carbonyl (C=O) groups excluding carboxylic acids is 1. The summed E-state index contributed by atoms with van der Waals surface area (Å²) in [5.41, 5.74) is 2.16. The summed E-state index contributed by atoms with van der Waals surface area (Å²) in [4.78, 5) is 13.3. The smallest absolute Gasteiger partial charge is 0.234 e. The van der Waals surface area contributed by atoms with Gasteiger partial charge in [-0.2, -0.15) is 0 Å². The molecule has 0 fully saturated rings. The molecule has 2 aromatic heterocycles. The molecule has 0 bridgehead atoms. The number of thioether (sulfide) groups is 1. The van der Waals surface area contributed by atoms with E-state index in [0.29, 0.717) is 11.7 Å². The van der Waals surface area contributed by atoms with Crippen LogP contribution in [0.25, 0.3) is 11.4 Å². The van der Waals surface area contributed by atoms with Gasteiger partial charge in [-0.15, -0.1) is 21.5 Å². The number of hydrogen-bond acceptors (Lipinski definition) is 5. The van der Waals surface area contributed by atoms with Gasteiger partial charge in [-0.05, 0) is 38.5 Å². The van der Waals surface area contributed by atoms with Crippen LogP contribution in [0.5, 0.6) is 0 Å². The number of halogens is 2. The van der Waals surface area contributed by atoms with Crippen molar-refractivity contribution in [3.63, 3.8) is 0 Å². The molecular formula is C18H18F2N4OS2. The fraction of sp³-hybridized carbons (Fsp3) is 0.278. The Hall–Kier alpha value is -2.26. The molecule has 0 unspecified atom stereocenters. The Bertz CT molecular complexity index is 984. The number of carbonyl (C=O) groups is 1. The maximum Gasteiger partial charge on any atom is 0.234 e. The van der Waals surface area contributed by atoms with Crippen molar-refractivity contribution in [2.75, 3.05) is 11.1 Å². The van der Waals surface area contributed by atoms with Gasteiger partial charge in [0.1, 0.15) is 11.6 Å². The Morgan fingerprint density at radius 2 is 2.07 bits per heavy atom. The van der Waals surface area contributed by atoms with Crippen molar-refractivity contribution in [2.45, 2.75) is 32.5 Å². The third-order valence-corrected chi connectivity index (χ3v) is 6.08. The van der Waals surface area contributed by atoms with E-state index in [2.05, 4.69) is 27.8 Å². The van der Waals surface area contributed by atoms with Gasteiger partial charge in [-0.1, -0.05) is 11.8 Å². The van der Waals surface area contributed by atoms with E-state index >= 15 is 0 Å². The topological polar surface area (TPSA) is 59.8 Å². The van der Waals surface area contributed by atoms with Crippen LogP contribution in [-0.2, 0) is 11.3 Å². The number of hydrogen-bond donors (Lipinski definition) is 1. The zero-order chi connectivity index (χ0) is 19.6. The second kappa shape index (κ2) is 8.18. The van der Waals surface area contributed by atoms with Crippen LogP contribution < -0.4 is 5.32 Å². The van der Waals surface area contributed by atoms with Gasteiger partial charge < -0.3 is 9.88 Å². The molecular weight excluding hydrogens is 390 g/mol. The number of benzene rings is 1. The molecule has 5 nitrogen and oxygen atoms in total. The van der Waals surface area contributed by atoms with Crippen LogP contribution in [0, 0.1) is 25.5 Å². The van der Waals surface area contributed by atoms with Crippen molar-refractivity contribution >= 4 is 34.7 Å². The molecule has 0 radical (unpaired) electrons. The number of aromatic nitrogens is 3. The van der Waals surface area contributed by atoms with Gasteiger partial charge >= 0.3 is 0 Å². The molecule has 2 heterocycles. The predicted octanol–water partition coefficient (Wildman–Crippen LogP) is 4.65. The van der Waals surface area contributed by atoms with E-state index < -0.39 is 17.5 Å². The van der Waals surface area contributed by atoms with E-state index in [9.17, 15) is 13.6 Å². The zero-order valence-electron chi connectivity index (χ0n) is 15.0. The summed E-state index contributed by atoms with van der Waals surface area (Å²) in [6, 6.07) is 3.02. The lowest BCUT2D eigenvalue weighted by molar-refractivity contribution is -0.113. The van der Waals surface area contributed by atoms with E-state index in [-0.39, 0.29) is 11.4 Å². The van der Waals surface area contributed by atoms with E-state index in [1.807, 2.05) is 18.4 Å². The first-order chi connectivity index (χ1) is 12.9. The zero-order valence-corrected chi connectivity index (χ0v) is 16.7. The Kier molecular flexibility index (Phi) is 5.91. The molecule has 1 aromatic carbocycles. The first-order valence-electron chi connectivity index (χ1n) is 8.26. The second-order valence-electron chi connectivity index (χ2n) is 5.84. The monoisotopic (exact) mass is 408 g/mol. The van der Waals surface area contributed by atoms with Crippen LogP contribution in [0.15, 0.2) is 28.7 Å². The van der Waals surface area contributed by atoms with E-state index in [1.54, 1.807) is 11.3 Å². The summed E-state index contributed by atoms with van der Waals surface area (Å²) in [5.74, 6) is -1.10. The number of nitrogens with zero attached hydrogens (tertiary/aromatic N) is 3. The van der Waals surface area contributed by atoms with Crippen LogP contribution in [-0.4, -0.2) is 26.4 Å². The standard InChI is InChI=1S/C18H18F2N4OS2/c1-4-24-17(13-8-26-11(3)10(13)2)22-23-18(24)27-9-16(25)21-15-6-5-12(19)7-14(15)20/h5-8H,4,9H2,1-3H3,(H,21,25). The van der Waals surface area contributed by atoms with Gasteiger partial charge in [0.05, 0.1) is 11.4 Å². The Balaban J connectivity index is 1.71. The van der Waals surface area contributed by atoms with Crippen molar-refractivity contribution in [1.82, 2.24) is 14.8 Å². The first kappa shape index (κ1) is 19.5. The quantitative estimate of drug-likeness (QED) is 0.603. The predicted molar refractivity (Wildman–Crippen MR) is 104 cm³/mol. The SMILES string of the molecule is CCn1c(SCC(=O)Nc2ccc(F)cc2F)nnc1-c1csc(C)c1C. The molecule has 0 aliphatic heterocycles. The summed E-state index contributed by atoms with van der Waals surface area (Å²) >= 11 is 2.88. The number of aryl methyl sites for hydroxylation is 1. The third-order valence-electron chi connectivity index (χ3n) is 4.10. The highest BCUT2D eigenvalue weighted by atomic mass is 32.2. The lowest BCUT2D eigenvalue weighted by atomic mass is 10.1. The minimum atomic E-state index is -0.810. The highest BCUT2D eigenvalue weighted by molar-refractivity contribution is 7.99. The number of thiophene rings is 1. The summed E-state index contributed by atoms with van der Waals surface area (Å²) in [5, 5.41) is 13.6. The Morgan fingerprint density at radius 1 is 1.30 bits per heavy atom. The normalized spacial score (nSPS) is 11.0. The summed E-state index contributed by atoms with van der Waals surface area (Å²) in [6.45, 7) is 6.75. The number of anilines is 1. The van der Waals surface area contributed by atoms with Gasteiger partial charge in [0.25, 0.3) is 0 Å². The van der Waals surface area contributed by atoms with Gasteiger partial charge in [-0.25, -0.2) is 8.78 Å². The van der Waals surface area contributed by atoms with Crippen LogP contribution >= 0.6 is 23.1 Å². The lowest BCUT2D eigenvalue weighted by Crippen LogP contribution is -2.15. The molecule has 142 valence electrons. The molecule has 0 aliphatic carbocycles. The largest absolute Gasteiger partial charge is 0.323 e. The molecule has 0 spiro atoms. The highest BCUT2D eigenvalue weighted by Crippen LogP contribution is 2.31. The number of amides is 1. The average molecular weight is 408 g/mol. The van der Waals surface area contributed by atoms with Crippen LogP contribution in [0.2, 0.25) is 0 Å². The van der Waals surface area contributed by atoms with Gasteiger partial charge in [0, 0.05) is 28.4 Å². The molecule has 27 heavy (non-hydrogen) atoms. The minimum Gasteiger partial charge on any atom is -0.323 e. The van der Waals surface area contributed by atoms with Gasteiger partial charge in [0.2, 0.25) is 5.91 Å². The van der Waals surface area contributed by atoms with Crippen molar-refractivity contribution in [1.29, 1.82) is 0 Å². The maximum absolute atomic E-state index is 13.6. The maximum atomic E-state index is 13.6. The lowest BCUT2D eigenvalue weighted by Gasteiger charge is -2.08. The summed E-state index contributed by atoms with van der Waals surface area (Å²) in [7, 11) is 0. The van der Waals surface area contributed by atoms with Crippen molar-refractivity contribution < 1.29 is 13.6 Å². The Morgan fingerprint density at radius 3 is 2.70 bits per heavy atom. The molecule has 1 amide bonds. The highest BCUT2D eigenvalue weighted by Gasteiger charge is 2.18. The fourth-order valence-electron chi connectivity index (χ4n) is 2.52. The third kappa shape index (κ3) is 4.19. The van der Waals surface area contributed by atoms with Crippen LogP contribution in [0.4, 0.5) is 14.5 Å². The van der Waals surface area contributed by atoms with Crippen molar-refractivity contribution in [2.24, 2.45) is 0 Å². The number of rotatable bonds is 6. The van der Waals surface area contributed by atoms with Gasteiger partial charge in [-0.3, -0.25) is 4.79 Å². The molecule has 3 rings (SSSR count). The molecule has 0 saturated carbocycles. The second-order valence-corrected chi connectivity index (χ2v) is 7.87. The molecule has 3 aromatic rings. The minimum absolute atomic E-state index is 0.0383. The van der Waals surface area contributed by atoms with Crippen LogP contribution in [0.3, 0.4) is 0 Å². The van der Waals surface area contributed by atoms with Crippen molar-refractivity contribution in [3.8, 4) is 11.4 Å². The fourth-order valence-corrected chi connectivity index (χ4v) is 4.19. The van der Waals surface area contributed by atoms with E-state index in [4.69, 9.17) is 0 Å². The molecule has 9 heteroatoms. The van der Waals surface area contributed by atoms with E-state index in [0.717, 1.165) is 23.5 Å². The van der Waals surface area contributed by atoms with E-state index in [1.165, 1.54) is 28.3 Å². The molecule has 1 N–H and O–H groups in total. The van der Waals surface area contributed by atoms with Gasteiger partial charge in [0.15, 0.2) is 11.0 Å². The summed E-state index contributed by atoms with van der Waals surface area (Å²) < 4.78 is 28.5. The number of nitrogens with one attached hydrogen (secondary N) is 1. The average Bonchev–Trinajstić information content (AvgIpc) is 3.18. The Labute approximate surface area is 163 Å².